The minimum Gasteiger partial charge on any atom is -0.459 e. The zero-order chi connectivity index (χ0) is 17.6. The van der Waals surface area contributed by atoms with Crippen molar-refractivity contribution in [3.8, 4) is 0 Å². The average molecular weight is 470 g/mol. The van der Waals surface area contributed by atoms with Gasteiger partial charge >= 0.3 is 0 Å². The molecule has 1 aromatic heterocycles. The van der Waals surface area contributed by atoms with Crippen LogP contribution in [0, 0.1) is 5.92 Å². The fourth-order valence-corrected chi connectivity index (χ4v) is 3.53. The van der Waals surface area contributed by atoms with Crippen LogP contribution in [0.1, 0.15) is 25.5 Å². The largest absolute Gasteiger partial charge is 0.459 e. The molecule has 1 saturated heterocycles. The summed E-state index contributed by atoms with van der Waals surface area (Å²) >= 11 is 0. The smallest absolute Gasteiger partial charge is 0.194 e. The van der Waals surface area contributed by atoms with Crippen molar-refractivity contribution in [2.75, 3.05) is 40.3 Å². The van der Waals surface area contributed by atoms with E-state index < -0.39 is 0 Å². The summed E-state index contributed by atoms with van der Waals surface area (Å²) in [6, 6.07) is 10.3. The van der Waals surface area contributed by atoms with Crippen molar-refractivity contribution < 1.29 is 4.42 Å². The number of fused-ring (bicyclic) bond motifs is 1. The van der Waals surface area contributed by atoms with Crippen LogP contribution in [0.3, 0.4) is 0 Å². The van der Waals surface area contributed by atoms with Crippen molar-refractivity contribution in [3.63, 3.8) is 0 Å². The van der Waals surface area contributed by atoms with Gasteiger partial charge in [0.15, 0.2) is 5.96 Å². The van der Waals surface area contributed by atoms with Crippen LogP contribution in [-0.4, -0.2) is 56.0 Å². The molecule has 0 aliphatic carbocycles. The monoisotopic (exact) mass is 470 g/mol. The molecule has 1 unspecified atom stereocenters. The lowest BCUT2D eigenvalue weighted by Crippen LogP contribution is -2.39. The molecule has 0 saturated carbocycles. The molecule has 1 aromatic carbocycles. The van der Waals surface area contributed by atoms with E-state index in [2.05, 4.69) is 48.3 Å². The predicted octanol–water partition coefficient (Wildman–Crippen LogP) is 3.79. The van der Waals surface area contributed by atoms with Crippen molar-refractivity contribution in [1.82, 2.24) is 15.1 Å². The Hall–Kier alpha value is -1.28. The molecule has 0 bridgehead atoms. The molecule has 144 valence electrons. The Bertz CT molecular complexity index is 682. The van der Waals surface area contributed by atoms with Crippen molar-refractivity contribution >= 4 is 40.9 Å². The lowest BCUT2D eigenvalue weighted by Gasteiger charge is -2.29. The summed E-state index contributed by atoms with van der Waals surface area (Å²) in [6.07, 6.45) is 2.56. The van der Waals surface area contributed by atoms with Gasteiger partial charge in [-0.2, -0.15) is 0 Å². The van der Waals surface area contributed by atoms with Crippen LogP contribution < -0.4 is 5.32 Å². The summed E-state index contributed by atoms with van der Waals surface area (Å²) in [6.45, 7) is 6.94. The summed E-state index contributed by atoms with van der Waals surface area (Å²) in [7, 11) is 4.27. The minimum atomic E-state index is 0. The Balaban J connectivity index is 0.00000243. The fraction of sp³-hybridized carbons (Fsp3) is 0.550. The lowest BCUT2D eigenvalue weighted by molar-refractivity contribution is 0.214. The molecule has 0 spiro atoms. The van der Waals surface area contributed by atoms with Gasteiger partial charge in [0.2, 0.25) is 0 Å². The second-order valence-corrected chi connectivity index (χ2v) is 7.07. The van der Waals surface area contributed by atoms with Crippen LogP contribution in [0.15, 0.2) is 39.7 Å². The minimum absolute atomic E-state index is 0. The molecule has 1 N–H and O–H groups in total. The quantitative estimate of drug-likeness (QED) is 0.411. The Kier molecular flexibility index (Phi) is 8.21. The molecule has 2 heterocycles. The molecule has 0 radical (unpaired) electrons. The van der Waals surface area contributed by atoms with Gasteiger partial charge in [0, 0.05) is 32.1 Å². The number of furan rings is 1. The first kappa shape index (κ1) is 21.0. The third-order valence-electron chi connectivity index (χ3n) is 4.79. The number of nitrogens with one attached hydrogen (secondary N) is 1. The molecule has 2 aromatic rings. The highest BCUT2D eigenvalue weighted by atomic mass is 127. The van der Waals surface area contributed by atoms with E-state index >= 15 is 0 Å². The van der Waals surface area contributed by atoms with Gasteiger partial charge < -0.3 is 19.5 Å². The van der Waals surface area contributed by atoms with Gasteiger partial charge in [0.1, 0.15) is 11.3 Å². The first-order valence-electron chi connectivity index (χ1n) is 9.31. The van der Waals surface area contributed by atoms with Gasteiger partial charge in [0.25, 0.3) is 0 Å². The first-order chi connectivity index (χ1) is 12.2. The lowest BCUT2D eigenvalue weighted by atomic mass is 9.99. The summed E-state index contributed by atoms with van der Waals surface area (Å²) in [5, 5.41) is 4.56. The second kappa shape index (κ2) is 10.2. The van der Waals surface area contributed by atoms with Gasteiger partial charge in [-0.1, -0.05) is 18.2 Å². The van der Waals surface area contributed by atoms with Crippen molar-refractivity contribution in [1.29, 1.82) is 0 Å². The summed E-state index contributed by atoms with van der Waals surface area (Å²) < 4.78 is 5.94. The first-order valence-corrected chi connectivity index (χ1v) is 9.31. The fourth-order valence-electron chi connectivity index (χ4n) is 3.53. The second-order valence-electron chi connectivity index (χ2n) is 7.07. The van der Waals surface area contributed by atoms with Crippen molar-refractivity contribution in [3.05, 3.63) is 36.1 Å². The molecule has 3 rings (SSSR count). The number of piperidine rings is 1. The molecule has 1 fully saturated rings. The van der Waals surface area contributed by atoms with E-state index in [4.69, 9.17) is 9.41 Å². The zero-order valence-corrected chi connectivity index (χ0v) is 18.4. The van der Waals surface area contributed by atoms with E-state index in [0.717, 1.165) is 42.3 Å². The Morgan fingerprint density at radius 3 is 2.92 bits per heavy atom. The van der Waals surface area contributed by atoms with Crippen LogP contribution >= 0.6 is 24.0 Å². The van der Waals surface area contributed by atoms with Gasteiger partial charge in [-0.25, -0.2) is 0 Å². The number of halogens is 1. The van der Waals surface area contributed by atoms with Gasteiger partial charge in [-0.3, -0.25) is 4.99 Å². The summed E-state index contributed by atoms with van der Waals surface area (Å²) in [5.74, 6) is 2.58. The van der Waals surface area contributed by atoms with Crippen molar-refractivity contribution in [2.24, 2.45) is 10.9 Å². The Labute approximate surface area is 173 Å². The topological polar surface area (TPSA) is 44.0 Å². The highest BCUT2D eigenvalue weighted by Crippen LogP contribution is 2.20. The Morgan fingerprint density at radius 1 is 1.38 bits per heavy atom. The van der Waals surface area contributed by atoms with Crippen LogP contribution in [0.5, 0.6) is 0 Å². The molecule has 1 aliphatic rings. The van der Waals surface area contributed by atoms with Crippen LogP contribution in [-0.2, 0) is 6.54 Å². The van der Waals surface area contributed by atoms with Gasteiger partial charge in [-0.15, -0.1) is 24.0 Å². The van der Waals surface area contributed by atoms with E-state index in [1.807, 2.05) is 18.2 Å². The highest BCUT2D eigenvalue weighted by molar-refractivity contribution is 14.0. The third-order valence-corrected chi connectivity index (χ3v) is 4.79. The standard InChI is InChI=1S/C20H30N4O.HI/c1-4-21-20(22-13-16-8-7-11-23(2)14-16)24(3)15-18-12-17-9-5-6-10-19(17)25-18;/h5-6,9-10,12,16H,4,7-8,11,13-15H2,1-3H3,(H,21,22);1H. The van der Waals surface area contributed by atoms with Crippen LogP contribution in [0.4, 0.5) is 0 Å². The molecule has 0 amide bonds. The van der Waals surface area contributed by atoms with E-state index in [1.165, 1.54) is 19.4 Å². The maximum atomic E-state index is 5.94. The maximum Gasteiger partial charge on any atom is 0.194 e. The molecule has 6 heteroatoms. The normalized spacial score (nSPS) is 18.6. The number of hydrogen-bond acceptors (Lipinski definition) is 3. The third kappa shape index (κ3) is 5.61. The number of rotatable bonds is 5. The summed E-state index contributed by atoms with van der Waals surface area (Å²) in [5.41, 5.74) is 0.943. The molecule has 1 atom stereocenters. The van der Waals surface area contributed by atoms with Crippen LogP contribution in [0.25, 0.3) is 11.0 Å². The van der Waals surface area contributed by atoms with E-state index in [-0.39, 0.29) is 24.0 Å². The Morgan fingerprint density at radius 2 is 2.19 bits per heavy atom. The summed E-state index contributed by atoms with van der Waals surface area (Å²) in [4.78, 5) is 9.44. The molecule has 5 nitrogen and oxygen atoms in total. The number of benzene rings is 1. The molecule has 1 aliphatic heterocycles. The zero-order valence-electron chi connectivity index (χ0n) is 16.1. The number of para-hydroxylation sites is 1. The predicted molar refractivity (Wildman–Crippen MR) is 119 cm³/mol. The molecular formula is C20H31IN4O. The number of likely N-dealkylation sites (tertiary alicyclic amines) is 1. The molecule has 26 heavy (non-hydrogen) atoms. The SMILES string of the molecule is CCNC(=NCC1CCCN(C)C1)N(C)Cc1cc2ccccc2o1.I. The number of aliphatic imine (C=N–C) groups is 1. The van der Waals surface area contributed by atoms with Crippen LogP contribution in [0.2, 0.25) is 0 Å². The van der Waals surface area contributed by atoms with Crippen molar-refractivity contribution in [2.45, 2.75) is 26.3 Å². The number of guanidine groups is 1. The van der Waals surface area contributed by atoms with E-state index in [1.54, 1.807) is 0 Å². The average Bonchev–Trinajstić information content (AvgIpc) is 3.00. The van der Waals surface area contributed by atoms with Gasteiger partial charge in [0.05, 0.1) is 6.54 Å². The van der Waals surface area contributed by atoms with E-state index in [9.17, 15) is 0 Å². The van der Waals surface area contributed by atoms with Gasteiger partial charge in [-0.05, 0) is 51.4 Å². The molecular weight excluding hydrogens is 439 g/mol. The number of nitrogens with zero attached hydrogens (tertiary/aromatic N) is 3. The van der Waals surface area contributed by atoms with E-state index in [0.29, 0.717) is 12.5 Å². The maximum absolute atomic E-state index is 5.94. The highest BCUT2D eigenvalue weighted by Gasteiger charge is 2.17. The number of hydrogen-bond donors (Lipinski definition) is 1.